The number of anilines is 1. The second-order valence-corrected chi connectivity index (χ2v) is 4.89. The Kier molecular flexibility index (Phi) is 3.09. The number of nitrogens with two attached hydrogens (primary N) is 1. The van der Waals surface area contributed by atoms with Crippen molar-refractivity contribution in [1.29, 1.82) is 0 Å². The molecule has 96 valence electrons. The Morgan fingerprint density at radius 1 is 1.33 bits per heavy atom. The first-order chi connectivity index (χ1) is 8.42. The minimum atomic E-state index is -0.707. The van der Waals surface area contributed by atoms with Crippen molar-refractivity contribution in [2.75, 3.05) is 19.4 Å². The Balaban J connectivity index is 2.12. The number of benzene rings is 1. The van der Waals surface area contributed by atoms with Gasteiger partial charge in [-0.15, -0.1) is 0 Å². The Bertz CT molecular complexity index is 493. The number of rotatable bonds is 3. The van der Waals surface area contributed by atoms with E-state index in [1.165, 1.54) is 4.90 Å². The Morgan fingerprint density at radius 2 is 2.00 bits per heavy atom. The third-order valence-electron chi connectivity index (χ3n) is 3.01. The highest BCUT2D eigenvalue weighted by Gasteiger charge is 2.45. The zero-order valence-electron chi connectivity index (χ0n) is 10.6. The van der Waals surface area contributed by atoms with Gasteiger partial charge >= 0.3 is 0 Å². The summed E-state index contributed by atoms with van der Waals surface area (Å²) < 4.78 is 0. The molecule has 0 atom stereocenters. The molecule has 3 N–H and O–H groups in total. The zero-order chi connectivity index (χ0) is 13.3. The van der Waals surface area contributed by atoms with Crippen LogP contribution in [0.4, 0.5) is 5.69 Å². The van der Waals surface area contributed by atoms with E-state index in [1.54, 1.807) is 38.4 Å². The van der Waals surface area contributed by atoms with Gasteiger partial charge in [-0.25, -0.2) is 0 Å². The van der Waals surface area contributed by atoms with Crippen LogP contribution in [0.15, 0.2) is 24.3 Å². The second kappa shape index (κ2) is 4.42. The van der Waals surface area contributed by atoms with Crippen molar-refractivity contribution in [3.63, 3.8) is 0 Å². The van der Waals surface area contributed by atoms with Crippen LogP contribution in [0.5, 0.6) is 0 Å². The summed E-state index contributed by atoms with van der Waals surface area (Å²) in [6, 6.07) is 6.86. The van der Waals surface area contributed by atoms with E-state index in [1.807, 2.05) is 0 Å². The maximum Gasteiger partial charge on any atom is 0.253 e. The normalized spacial score (nSPS) is 15.9. The number of nitrogens with zero attached hydrogens (tertiary/aromatic N) is 1. The topological polar surface area (TPSA) is 75.4 Å². The second-order valence-electron chi connectivity index (χ2n) is 4.89. The highest BCUT2D eigenvalue weighted by atomic mass is 16.2. The molecule has 1 aliphatic rings. The molecule has 0 heterocycles. The molecule has 0 unspecified atom stereocenters. The Morgan fingerprint density at radius 3 is 2.56 bits per heavy atom. The van der Waals surface area contributed by atoms with Gasteiger partial charge in [-0.3, -0.25) is 9.59 Å². The smallest absolute Gasteiger partial charge is 0.253 e. The molecule has 0 spiro atoms. The zero-order valence-corrected chi connectivity index (χ0v) is 10.6. The van der Waals surface area contributed by atoms with Gasteiger partial charge in [0.1, 0.15) is 0 Å². The minimum absolute atomic E-state index is 0.0972. The SMILES string of the molecule is CN(C)C(=O)c1cccc(NC(=O)C2(N)CC2)c1. The van der Waals surface area contributed by atoms with E-state index in [-0.39, 0.29) is 11.8 Å². The first-order valence-electron chi connectivity index (χ1n) is 5.84. The fraction of sp³-hybridized carbons (Fsp3) is 0.385. The lowest BCUT2D eigenvalue weighted by Crippen LogP contribution is -2.37. The van der Waals surface area contributed by atoms with Crippen molar-refractivity contribution in [1.82, 2.24) is 4.90 Å². The van der Waals surface area contributed by atoms with Crippen LogP contribution in [0.25, 0.3) is 0 Å². The monoisotopic (exact) mass is 247 g/mol. The molecule has 2 rings (SSSR count). The first-order valence-corrected chi connectivity index (χ1v) is 5.84. The summed E-state index contributed by atoms with van der Waals surface area (Å²) in [6.07, 6.45) is 1.43. The van der Waals surface area contributed by atoms with Crippen LogP contribution >= 0.6 is 0 Å². The van der Waals surface area contributed by atoms with Gasteiger partial charge in [-0.05, 0) is 31.0 Å². The maximum absolute atomic E-state index is 11.8. The standard InChI is InChI=1S/C13H17N3O2/c1-16(2)11(17)9-4-3-5-10(8-9)15-12(18)13(14)6-7-13/h3-5,8H,6-7,14H2,1-2H3,(H,15,18). The summed E-state index contributed by atoms with van der Waals surface area (Å²) in [5.41, 5.74) is 6.23. The molecule has 5 nitrogen and oxygen atoms in total. The van der Waals surface area contributed by atoms with Gasteiger partial charge in [0.2, 0.25) is 5.91 Å². The van der Waals surface area contributed by atoms with E-state index in [4.69, 9.17) is 5.73 Å². The van der Waals surface area contributed by atoms with Gasteiger partial charge in [0.25, 0.3) is 5.91 Å². The molecule has 1 aliphatic carbocycles. The van der Waals surface area contributed by atoms with Gasteiger partial charge in [0, 0.05) is 25.3 Å². The molecule has 0 aliphatic heterocycles. The van der Waals surface area contributed by atoms with Crippen LogP contribution in [0, 0.1) is 0 Å². The van der Waals surface area contributed by atoms with E-state index in [0.717, 1.165) is 12.8 Å². The predicted molar refractivity (Wildman–Crippen MR) is 69.2 cm³/mol. The largest absolute Gasteiger partial charge is 0.345 e. The van der Waals surface area contributed by atoms with E-state index >= 15 is 0 Å². The maximum atomic E-state index is 11.8. The summed E-state index contributed by atoms with van der Waals surface area (Å²) >= 11 is 0. The molecule has 5 heteroatoms. The summed E-state index contributed by atoms with van der Waals surface area (Å²) in [4.78, 5) is 25.1. The van der Waals surface area contributed by atoms with E-state index in [2.05, 4.69) is 5.32 Å². The van der Waals surface area contributed by atoms with Gasteiger partial charge < -0.3 is 16.0 Å². The Labute approximate surface area is 106 Å². The first kappa shape index (κ1) is 12.6. The summed E-state index contributed by atoms with van der Waals surface area (Å²) in [6.45, 7) is 0. The van der Waals surface area contributed by atoms with E-state index < -0.39 is 5.54 Å². The van der Waals surface area contributed by atoms with Crippen LogP contribution in [-0.2, 0) is 4.79 Å². The average molecular weight is 247 g/mol. The summed E-state index contributed by atoms with van der Waals surface area (Å²) in [7, 11) is 3.37. The fourth-order valence-electron chi connectivity index (χ4n) is 1.61. The molecule has 1 aromatic carbocycles. The van der Waals surface area contributed by atoms with Gasteiger partial charge in [-0.2, -0.15) is 0 Å². The van der Waals surface area contributed by atoms with E-state index in [9.17, 15) is 9.59 Å². The molecule has 18 heavy (non-hydrogen) atoms. The lowest BCUT2D eigenvalue weighted by atomic mass is 10.1. The quantitative estimate of drug-likeness (QED) is 0.830. The molecule has 0 bridgehead atoms. The molecule has 2 amide bonds. The van der Waals surface area contributed by atoms with Crippen LogP contribution in [0.3, 0.4) is 0 Å². The lowest BCUT2D eigenvalue weighted by Gasteiger charge is -2.13. The highest BCUT2D eigenvalue weighted by Crippen LogP contribution is 2.33. The highest BCUT2D eigenvalue weighted by molar-refractivity contribution is 6.01. The number of nitrogens with one attached hydrogen (secondary N) is 1. The number of hydrogen-bond acceptors (Lipinski definition) is 3. The van der Waals surface area contributed by atoms with Crippen LogP contribution < -0.4 is 11.1 Å². The molecule has 0 saturated heterocycles. The molecule has 0 aromatic heterocycles. The van der Waals surface area contributed by atoms with Gasteiger partial charge in [-0.1, -0.05) is 6.07 Å². The fourth-order valence-corrected chi connectivity index (χ4v) is 1.61. The molecule has 1 saturated carbocycles. The number of amides is 2. The van der Waals surface area contributed by atoms with Gasteiger partial charge in [0.15, 0.2) is 0 Å². The van der Waals surface area contributed by atoms with E-state index in [0.29, 0.717) is 11.3 Å². The average Bonchev–Trinajstić information content (AvgIpc) is 3.08. The van der Waals surface area contributed by atoms with Crippen molar-refractivity contribution < 1.29 is 9.59 Å². The van der Waals surface area contributed by atoms with Crippen molar-refractivity contribution in [3.8, 4) is 0 Å². The van der Waals surface area contributed by atoms with Crippen LogP contribution in [-0.4, -0.2) is 36.3 Å². The predicted octanol–water partition coefficient (Wildman–Crippen LogP) is 0.818. The summed E-state index contributed by atoms with van der Waals surface area (Å²) in [5, 5.41) is 2.74. The van der Waals surface area contributed by atoms with Crippen LogP contribution in [0.2, 0.25) is 0 Å². The van der Waals surface area contributed by atoms with Gasteiger partial charge in [0.05, 0.1) is 5.54 Å². The van der Waals surface area contributed by atoms with Crippen molar-refractivity contribution in [2.45, 2.75) is 18.4 Å². The third-order valence-corrected chi connectivity index (χ3v) is 3.01. The van der Waals surface area contributed by atoms with Crippen LogP contribution in [0.1, 0.15) is 23.2 Å². The third kappa shape index (κ3) is 2.51. The molecular weight excluding hydrogens is 230 g/mol. The molecule has 1 aromatic rings. The van der Waals surface area contributed by atoms with Crippen molar-refractivity contribution in [2.24, 2.45) is 5.73 Å². The molecule has 1 fully saturated rings. The van der Waals surface area contributed by atoms with Crippen molar-refractivity contribution >= 4 is 17.5 Å². The molecular formula is C13H17N3O2. The Hall–Kier alpha value is -1.88. The lowest BCUT2D eigenvalue weighted by molar-refractivity contribution is -0.118. The minimum Gasteiger partial charge on any atom is -0.345 e. The number of hydrogen-bond donors (Lipinski definition) is 2. The molecule has 0 radical (unpaired) electrons. The van der Waals surface area contributed by atoms with Crippen molar-refractivity contribution in [3.05, 3.63) is 29.8 Å². The summed E-state index contributed by atoms with van der Waals surface area (Å²) in [5.74, 6) is -0.281. The number of carbonyl (C=O) groups is 2. The number of carbonyl (C=O) groups excluding carboxylic acids is 2.